The third-order valence-corrected chi connectivity index (χ3v) is 4.75. The summed E-state index contributed by atoms with van der Waals surface area (Å²) in [7, 11) is 0. The van der Waals surface area contributed by atoms with E-state index >= 15 is 0 Å². The molecule has 0 heterocycles. The topological polar surface area (TPSA) is 35.5 Å². The molecule has 3 nitrogen and oxygen atoms in total. The first-order chi connectivity index (χ1) is 13.2. The summed E-state index contributed by atoms with van der Waals surface area (Å²) in [6.45, 7) is 0.930. The van der Waals surface area contributed by atoms with E-state index in [1.54, 1.807) is 18.2 Å². The molecule has 27 heavy (non-hydrogen) atoms. The van der Waals surface area contributed by atoms with E-state index in [0.29, 0.717) is 30.9 Å². The van der Waals surface area contributed by atoms with Gasteiger partial charge in [-0.15, -0.1) is 0 Å². The summed E-state index contributed by atoms with van der Waals surface area (Å²) < 4.78 is 11.9. The molecule has 4 heteroatoms. The second kappa shape index (κ2) is 9.93. The maximum Gasteiger partial charge on any atom is 0.338 e. The van der Waals surface area contributed by atoms with E-state index < -0.39 is 0 Å². The standard InChI is InChI=1S/C23H21BrO3/c24-21-17-20(23(25)27-16-14-19-9-5-2-6-10-19)11-12-22(21)26-15-13-18-7-3-1-4-8-18/h1-12,17H,13-16H2. The first-order valence-electron chi connectivity index (χ1n) is 8.90. The Bertz CT molecular complexity index is 863. The normalized spacial score (nSPS) is 10.4. The van der Waals surface area contributed by atoms with Gasteiger partial charge in [-0.1, -0.05) is 60.7 Å². The lowest BCUT2D eigenvalue weighted by molar-refractivity contribution is 0.0509. The molecule has 0 saturated heterocycles. The zero-order chi connectivity index (χ0) is 18.9. The van der Waals surface area contributed by atoms with Gasteiger partial charge in [0.05, 0.1) is 23.2 Å². The largest absolute Gasteiger partial charge is 0.492 e. The summed E-state index contributed by atoms with van der Waals surface area (Å²) in [6.07, 6.45) is 1.53. The summed E-state index contributed by atoms with van der Waals surface area (Å²) in [5.74, 6) is 0.384. The van der Waals surface area contributed by atoms with Gasteiger partial charge in [-0.05, 0) is 45.3 Å². The molecule has 0 N–H and O–H groups in total. The molecular formula is C23H21BrO3. The maximum absolute atomic E-state index is 12.2. The van der Waals surface area contributed by atoms with Crippen LogP contribution in [0.1, 0.15) is 21.5 Å². The first kappa shape index (κ1) is 19.2. The van der Waals surface area contributed by atoms with Crippen LogP contribution in [0.25, 0.3) is 0 Å². The summed E-state index contributed by atoms with van der Waals surface area (Å²) in [6, 6.07) is 25.4. The van der Waals surface area contributed by atoms with Gasteiger partial charge in [-0.2, -0.15) is 0 Å². The number of halogens is 1. The van der Waals surface area contributed by atoms with Crippen molar-refractivity contribution in [2.45, 2.75) is 12.8 Å². The highest BCUT2D eigenvalue weighted by atomic mass is 79.9. The quantitative estimate of drug-likeness (QED) is 0.449. The Labute approximate surface area is 168 Å². The van der Waals surface area contributed by atoms with E-state index in [0.717, 1.165) is 16.5 Å². The summed E-state index contributed by atoms with van der Waals surface area (Å²) in [5, 5.41) is 0. The molecule has 0 radical (unpaired) electrons. The molecule has 0 atom stereocenters. The fraction of sp³-hybridized carbons (Fsp3) is 0.174. The summed E-state index contributed by atoms with van der Waals surface area (Å²) in [4.78, 5) is 12.2. The molecule has 0 amide bonds. The molecule has 3 aromatic rings. The van der Waals surface area contributed by atoms with Crippen molar-refractivity contribution in [1.82, 2.24) is 0 Å². The molecule has 0 unspecified atom stereocenters. The fourth-order valence-corrected chi connectivity index (χ4v) is 3.15. The van der Waals surface area contributed by atoms with Crippen molar-refractivity contribution < 1.29 is 14.3 Å². The van der Waals surface area contributed by atoms with Gasteiger partial charge in [0.1, 0.15) is 5.75 Å². The Hall–Kier alpha value is -2.59. The Kier molecular flexibility index (Phi) is 7.05. The zero-order valence-corrected chi connectivity index (χ0v) is 16.5. The van der Waals surface area contributed by atoms with Crippen LogP contribution < -0.4 is 4.74 Å². The number of hydrogen-bond acceptors (Lipinski definition) is 3. The minimum absolute atomic E-state index is 0.331. The minimum atomic E-state index is -0.331. The second-order valence-electron chi connectivity index (χ2n) is 6.10. The van der Waals surface area contributed by atoms with Gasteiger partial charge >= 0.3 is 5.97 Å². The number of benzene rings is 3. The molecule has 0 aliphatic heterocycles. The van der Waals surface area contributed by atoms with Crippen LogP contribution >= 0.6 is 15.9 Å². The predicted molar refractivity (Wildman–Crippen MR) is 110 cm³/mol. The molecule has 0 bridgehead atoms. The van der Waals surface area contributed by atoms with Crippen LogP contribution in [-0.4, -0.2) is 19.2 Å². The van der Waals surface area contributed by atoms with E-state index in [9.17, 15) is 4.79 Å². The highest BCUT2D eigenvalue weighted by Gasteiger charge is 2.11. The average molecular weight is 425 g/mol. The van der Waals surface area contributed by atoms with Gasteiger partial charge in [-0.3, -0.25) is 0 Å². The average Bonchev–Trinajstić information content (AvgIpc) is 2.71. The number of esters is 1. The van der Waals surface area contributed by atoms with Crippen LogP contribution in [0.15, 0.2) is 83.3 Å². The second-order valence-corrected chi connectivity index (χ2v) is 6.96. The van der Waals surface area contributed by atoms with Crippen molar-refractivity contribution in [1.29, 1.82) is 0 Å². The van der Waals surface area contributed by atoms with Crippen molar-refractivity contribution in [2.24, 2.45) is 0 Å². The molecule has 138 valence electrons. The SMILES string of the molecule is O=C(OCCc1ccccc1)c1ccc(OCCc2ccccc2)c(Br)c1. The highest BCUT2D eigenvalue weighted by Crippen LogP contribution is 2.26. The maximum atomic E-state index is 12.2. The summed E-state index contributed by atoms with van der Waals surface area (Å²) >= 11 is 3.47. The molecule has 3 aromatic carbocycles. The van der Waals surface area contributed by atoms with Gasteiger partial charge < -0.3 is 9.47 Å². The van der Waals surface area contributed by atoms with Crippen LogP contribution in [0.2, 0.25) is 0 Å². The van der Waals surface area contributed by atoms with Gasteiger partial charge in [0, 0.05) is 12.8 Å². The lowest BCUT2D eigenvalue weighted by atomic mass is 10.1. The van der Waals surface area contributed by atoms with E-state index in [2.05, 4.69) is 28.1 Å². The van der Waals surface area contributed by atoms with E-state index in [4.69, 9.17) is 9.47 Å². The van der Waals surface area contributed by atoms with Crippen molar-refractivity contribution in [3.63, 3.8) is 0 Å². The lowest BCUT2D eigenvalue weighted by Gasteiger charge is -2.10. The van der Waals surface area contributed by atoms with Crippen molar-refractivity contribution in [2.75, 3.05) is 13.2 Å². The van der Waals surface area contributed by atoms with Crippen LogP contribution in [0.3, 0.4) is 0 Å². The lowest BCUT2D eigenvalue weighted by Crippen LogP contribution is -2.08. The van der Waals surface area contributed by atoms with E-state index in [1.165, 1.54) is 5.56 Å². The predicted octanol–water partition coefficient (Wildman–Crippen LogP) is 5.47. The van der Waals surface area contributed by atoms with Crippen molar-refractivity contribution in [3.8, 4) is 5.75 Å². The van der Waals surface area contributed by atoms with Crippen LogP contribution in [0.4, 0.5) is 0 Å². The smallest absolute Gasteiger partial charge is 0.338 e. The molecular weight excluding hydrogens is 404 g/mol. The first-order valence-corrected chi connectivity index (χ1v) is 9.69. The molecule has 0 saturated carbocycles. The number of carbonyl (C=O) groups excluding carboxylic acids is 1. The zero-order valence-electron chi connectivity index (χ0n) is 14.9. The number of ether oxygens (including phenoxy) is 2. The molecule has 0 aromatic heterocycles. The molecule has 0 aliphatic carbocycles. The Morgan fingerprint density at radius 2 is 1.37 bits per heavy atom. The van der Waals surface area contributed by atoms with Crippen molar-refractivity contribution >= 4 is 21.9 Å². The van der Waals surface area contributed by atoms with Gasteiger partial charge in [0.25, 0.3) is 0 Å². The van der Waals surface area contributed by atoms with E-state index in [1.807, 2.05) is 48.5 Å². The number of carbonyl (C=O) groups is 1. The highest BCUT2D eigenvalue weighted by molar-refractivity contribution is 9.10. The molecule has 3 rings (SSSR count). The monoisotopic (exact) mass is 424 g/mol. The third-order valence-electron chi connectivity index (χ3n) is 4.13. The van der Waals surface area contributed by atoms with Gasteiger partial charge in [-0.25, -0.2) is 4.79 Å². The van der Waals surface area contributed by atoms with Gasteiger partial charge in [0.15, 0.2) is 0 Å². The van der Waals surface area contributed by atoms with Gasteiger partial charge in [0.2, 0.25) is 0 Å². The molecule has 0 spiro atoms. The van der Waals surface area contributed by atoms with Crippen molar-refractivity contribution in [3.05, 3.63) is 100 Å². The Morgan fingerprint density at radius 3 is 1.96 bits per heavy atom. The van der Waals surface area contributed by atoms with Crippen LogP contribution in [-0.2, 0) is 17.6 Å². The number of rotatable bonds is 8. The van der Waals surface area contributed by atoms with E-state index in [-0.39, 0.29) is 5.97 Å². The molecule has 0 fully saturated rings. The Morgan fingerprint density at radius 1 is 0.778 bits per heavy atom. The fourth-order valence-electron chi connectivity index (χ4n) is 2.66. The Balaban J connectivity index is 1.48. The molecule has 0 aliphatic rings. The number of hydrogen-bond donors (Lipinski definition) is 0. The minimum Gasteiger partial charge on any atom is -0.492 e. The van der Waals surface area contributed by atoms with Crippen LogP contribution in [0.5, 0.6) is 5.75 Å². The van der Waals surface area contributed by atoms with Crippen LogP contribution in [0, 0.1) is 0 Å². The summed E-state index contributed by atoms with van der Waals surface area (Å²) in [5.41, 5.74) is 2.88. The third kappa shape index (κ3) is 5.97.